The third kappa shape index (κ3) is 3.43. The summed E-state index contributed by atoms with van der Waals surface area (Å²) in [5.74, 6) is 0. The molecule has 1 atom stereocenters. The number of aromatic nitrogens is 2. The Morgan fingerprint density at radius 1 is 1.07 bits per heavy atom. The maximum absolute atomic E-state index is 11.2. The molecule has 0 radical (unpaired) electrons. The highest BCUT2D eigenvalue weighted by molar-refractivity contribution is 5.64. The molecule has 1 aliphatic rings. The molecular weight excluding hydrogens is 334 g/mol. The van der Waals surface area contributed by atoms with E-state index in [4.69, 9.17) is 0 Å². The second kappa shape index (κ2) is 6.95. The first-order valence-corrected chi connectivity index (χ1v) is 9.57. The van der Waals surface area contributed by atoms with Crippen molar-refractivity contribution in [2.75, 3.05) is 13.1 Å². The summed E-state index contributed by atoms with van der Waals surface area (Å²) in [4.78, 5) is 2.32. The van der Waals surface area contributed by atoms with Crippen molar-refractivity contribution in [3.8, 4) is 11.3 Å². The number of nitrogens with one attached hydrogen (secondary N) is 1. The van der Waals surface area contributed by atoms with Gasteiger partial charge in [-0.2, -0.15) is 5.10 Å². The highest BCUT2D eigenvalue weighted by Crippen LogP contribution is 2.35. The van der Waals surface area contributed by atoms with Crippen molar-refractivity contribution in [2.24, 2.45) is 0 Å². The second-order valence-corrected chi connectivity index (χ2v) is 7.88. The summed E-state index contributed by atoms with van der Waals surface area (Å²) >= 11 is 0. The number of likely N-dealkylation sites (tertiary alicyclic amines) is 1. The third-order valence-electron chi connectivity index (χ3n) is 5.88. The third-order valence-corrected chi connectivity index (χ3v) is 5.88. The van der Waals surface area contributed by atoms with Crippen LogP contribution < -0.4 is 0 Å². The molecule has 1 aliphatic heterocycles. The molecule has 1 unspecified atom stereocenters. The Hall–Kier alpha value is -2.43. The Morgan fingerprint density at radius 2 is 1.89 bits per heavy atom. The van der Waals surface area contributed by atoms with Gasteiger partial charge in [-0.15, -0.1) is 0 Å². The Labute approximate surface area is 160 Å². The zero-order valence-electron chi connectivity index (χ0n) is 16.3. The lowest BCUT2D eigenvalue weighted by Gasteiger charge is -2.25. The van der Waals surface area contributed by atoms with Crippen LogP contribution in [0, 0.1) is 20.8 Å². The summed E-state index contributed by atoms with van der Waals surface area (Å²) in [5, 5.41) is 18.7. The van der Waals surface area contributed by atoms with Gasteiger partial charge in [0, 0.05) is 30.8 Å². The predicted octanol–water partition coefficient (Wildman–Crippen LogP) is 4.10. The summed E-state index contributed by atoms with van der Waals surface area (Å²) in [5.41, 5.74) is 7.42. The lowest BCUT2D eigenvalue weighted by Crippen LogP contribution is -2.31. The van der Waals surface area contributed by atoms with E-state index in [2.05, 4.69) is 66.2 Å². The van der Waals surface area contributed by atoms with E-state index in [0.29, 0.717) is 6.54 Å². The van der Waals surface area contributed by atoms with Gasteiger partial charge >= 0.3 is 0 Å². The number of hydrogen-bond donors (Lipinski definition) is 2. The van der Waals surface area contributed by atoms with Crippen molar-refractivity contribution >= 4 is 0 Å². The summed E-state index contributed by atoms with van der Waals surface area (Å²) < 4.78 is 0. The van der Waals surface area contributed by atoms with Crippen molar-refractivity contribution in [1.29, 1.82) is 0 Å². The van der Waals surface area contributed by atoms with Gasteiger partial charge in [-0.05, 0) is 55.5 Å². The average Bonchev–Trinajstić information content (AvgIpc) is 3.25. The molecule has 0 aliphatic carbocycles. The van der Waals surface area contributed by atoms with E-state index < -0.39 is 5.60 Å². The molecule has 0 amide bonds. The van der Waals surface area contributed by atoms with E-state index in [1.165, 1.54) is 22.3 Å². The van der Waals surface area contributed by atoms with Crippen molar-refractivity contribution in [1.82, 2.24) is 15.1 Å². The van der Waals surface area contributed by atoms with Crippen LogP contribution >= 0.6 is 0 Å². The van der Waals surface area contributed by atoms with Crippen LogP contribution in [0.1, 0.15) is 34.2 Å². The standard InChI is InChI=1S/C23H27N3O/c1-16-8-9-19(12-18(16)3)22-20(13-24-25-22)14-26-11-10-23(27,15-26)21-7-5-4-6-17(21)2/h4-9,12-13,27H,10-11,14-15H2,1-3H3,(H,24,25). The molecule has 140 valence electrons. The number of rotatable bonds is 4. The SMILES string of the molecule is Cc1ccc(-c2[nH]ncc2CN2CCC(O)(c3ccccc3C)C2)cc1C. The molecule has 3 aromatic rings. The minimum atomic E-state index is -0.768. The van der Waals surface area contributed by atoms with Crippen molar-refractivity contribution in [3.05, 3.63) is 76.5 Å². The molecule has 4 heteroatoms. The quantitative estimate of drug-likeness (QED) is 0.736. The molecule has 4 rings (SSSR count). The molecule has 2 N–H and O–H groups in total. The number of β-amino-alcohol motifs (C(OH)–C–C–N with tert-alkyl or cyclic N) is 1. The number of benzene rings is 2. The van der Waals surface area contributed by atoms with Gasteiger partial charge in [0.05, 0.1) is 11.9 Å². The van der Waals surface area contributed by atoms with Crippen molar-refractivity contribution < 1.29 is 5.11 Å². The smallest absolute Gasteiger partial charge is 0.104 e. The van der Waals surface area contributed by atoms with E-state index >= 15 is 0 Å². The van der Waals surface area contributed by atoms with Gasteiger partial charge in [-0.1, -0.05) is 36.4 Å². The molecule has 0 saturated carbocycles. The van der Waals surface area contributed by atoms with Crippen LogP contribution in [0.3, 0.4) is 0 Å². The fourth-order valence-electron chi connectivity index (χ4n) is 4.14. The van der Waals surface area contributed by atoms with Gasteiger partial charge in [0.15, 0.2) is 0 Å². The first kappa shape index (κ1) is 18.0. The van der Waals surface area contributed by atoms with Crippen LogP contribution in [0.15, 0.2) is 48.7 Å². The van der Waals surface area contributed by atoms with Gasteiger partial charge in [0.1, 0.15) is 5.60 Å². The summed E-state index contributed by atoms with van der Waals surface area (Å²) in [6.07, 6.45) is 2.67. The average molecular weight is 361 g/mol. The van der Waals surface area contributed by atoms with E-state index in [9.17, 15) is 5.11 Å². The number of nitrogens with zero attached hydrogens (tertiary/aromatic N) is 2. The highest BCUT2D eigenvalue weighted by Gasteiger charge is 2.38. The van der Waals surface area contributed by atoms with Crippen LogP contribution in [0.4, 0.5) is 0 Å². The molecule has 0 spiro atoms. The number of aliphatic hydroxyl groups is 1. The van der Waals surface area contributed by atoms with Gasteiger partial charge in [0.2, 0.25) is 0 Å². The van der Waals surface area contributed by atoms with Crippen LogP contribution in [-0.4, -0.2) is 33.3 Å². The normalized spacial score (nSPS) is 20.3. The highest BCUT2D eigenvalue weighted by atomic mass is 16.3. The zero-order chi connectivity index (χ0) is 19.0. The molecular formula is C23H27N3O. The van der Waals surface area contributed by atoms with Crippen molar-refractivity contribution in [2.45, 2.75) is 39.3 Å². The maximum atomic E-state index is 11.2. The largest absolute Gasteiger partial charge is 0.384 e. The number of aromatic amines is 1. The first-order valence-electron chi connectivity index (χ1n) is 9.57. The van der Waals surface area contributed by atoms with Crippen LogP contribution in [0.2, 0.25) is 0 Å². The van der Waals surface area contributed by atoms with Gasteiger partial charge < -0.3 is 5.11 Å². The molecule has 1 aromatic heterocycles. The fourth-order valence-corrected chi connectivity index (χ4v) is 4.14. The number of hydrogen-bond acceptors (Lipinski definition) is 3. The Kier molecular flexibility index (Phi) is 4.62. The minimum Gasteiger partial charge on any atom is -0.384 e. The topological polar surface area (TPSA) is 52.2 Å². The molecule has 4 nitrogen and oxygen atoms in total. The Balaban J connectivity index is 1.54. The Morgan fingerprint density at radius 3 is 2.67 bits per heavy atom. The van der Waals surface area contributed by atoms with Crippen LogP contribution in [-0.2, 0) is 12.1 Å². The van der Waals surface area contributed by atoms with E-state index in [0.717, 1.165) is 36.3 Å². The lowest BCUT2D eigenvalue weighted by atomic mass is 9.89. The maximum Gasteiger partial charge on any atom is 0.104 e. The number of H-pyrrole nitrogens is 1. The van der Waals surface area contributed by atoms with Gasteiger partial charge in [-0.25, -0.2) is 0 Å². The lowest BCUT2D eigenvalue weighted by molar-refractivity contribution is 0.0447. The molecule has 2 aromatic carbocycles. The molecule has 1 saturated heterocycles. The zero-order valence-corrected chi connectivity index (χ0v) is 16.3. The van der Waals surface area contributed by atoms with Crippen molar-refractivity contribution in [3.63, 3.8) is 0 Å². The summed E-state index contributed by atoms with van der Waals surface area (Å²) in [6.45, 7) is 8.65. The molecule has 0 bridgehead atoms. The first-order chi connectivity index (χ1) is 13.0. The predicted molar refractivity (Wildman–Crippen MR) is 108 cm³/mol. The van der Waals surface area contributed by atoms with Gasteiger partial charge in [-0.3, -0.25) is 10.00 Å². The summed E-state index contributed by atoms with van der Waals surface area (Å²) in [6, 6.07) is 14.7. The van der Waals surface area contributed by atoms with E-state index in [-0.39, 0.29) is 0 Å². The fraction of sp³-hybridized carbons (Fsp3) is 0.348. The second-order valence-electron chi connectivity index (χ2n) is 7.88. The van der Waals surface area contributed by atoms with E-state index in [1.807, 2.05) is 18.3 Å². The monoisotopic (exact) mass is 361 g/mol. The Bertz CT molecular complexity index is 962. The van der Waals surface area contributed by atoms with Crippen LogP contribution in [0.25, 0.3) is 11.3 Å². The molecule has 27 heavy (non-hydrogen) atoms. The molecule has 2 heterocycles. The summed E-state index contributed by atoms with van der Waals surface area (Å²) in [7, 11) is 0. The van der Waals surface area contributed by atoms with E-state index in [1.54, 1.807) is 0 Å². The van der Waals surface area contributed by atoms with Crippen LogP contribution in [0.5, 0.6) is 0 Å². The molecule has 1 fully saturated rings. The van der Waals surface area contributed by atoms with Gasteiger partial charge in [0.25, 0.3) is 0 Å². The number of aryl methyl sites for hydroxylation is 3. The minimum absolute atomic E-state index is 0.648.